The van der Waals surface area contributed by atoms with Crippen LogP contribution in [0.3, 0.4) is 0 Å². The number of carbonyl (C=O) groups is 2. The van der Waals surface area contributed by atoms with E-state index in [0.29, 0.717) is 19.4 Å². The van der Waals surface area contributed by atoms with Crippen LogP contribution in [0.5, 0.6) is 0 Å². The van der Waals surface area contributed by atoms with E-state index in [1.807, 2.05) is 4.90 Å². The van der Waals surface area contributed by atoms with Gasteiger partial charge in [-0.2, -0.15) is 0 Å². The van der Waals surface area contributed by atoms with E-state index in [2.05, 4.69) is 14.0 Å². The number of ether oxygens (including phenoxy) is 1. The molecule has 0 radical (unpaired) electrons. The van der Waals surface area contributed by atoms with Gasteiger partial charge in [0.05, 0.1) is 26.7 Å². The number of amides is 1. The predicted octanol–water partition coefficient (Wildman–Crippen LogP) is 2.47. The van der Waals surface area contributed by atoms with E-state index in [-0.39, 0.29) is 30.4 Å². The number of unbranched alkanes of at least 4 members (excludes halogenated alkanes) is 8. The van der Waals surface area contributed by atoms with Crippen molar-refractivity contribution in [3.8, 4) is 0 Å². The summed E-state index contributed by atoms with van der Waals surface area (Å²) in [6.45, 7) is 6.79. The van der Waals surface area contributed by atoms with E-state index < -0.39 is 0 Å². The minimum absolute atomic E-state index is 0. The van der Waals surface area contributed by atoms with Crippen molar-refractivity contribution in [1.29, 1.82) is 0 Å². The second-order valence-corrected chi connectivity index (χ2v) is 10.3. The third kappa shape index (κ3) is 11.9. The van der Waals surface area contributed by atoms with Crippen LogP contribution in [0.15, 0.2) is 0 Å². The third-order valence-electron chi connectivity index (χ3n) is 7.17. The van der Waals surface area contributed by atoms with Crippen LogP contribution in [0.4, 0.5) is 0 Å². The molecule has 0 bridgehead atoms. The molecule has 1 atom stereocenters. The van der Waals surface area contributed by atoms with E-state index >= 15 is 0 Å². The van der Waals surface area contributed by atoms with Gasteiger partial charge in [0.25, 0.3) is 0 Å². The van der Waals surface area contributed by atoms with Gasteiger partial charge in [-0.05, 0) is 38.5 Å². The second-order valence-electron chi connectivity index (χ2n) is 10.3. The Morgan fingerprint density at radius 3 is 2.09 bits per heavy atom. The average Bonchev–Trinajstić information content (AvgIpc) is 3.00. The average molecular weight is 473 g/mol. The van der Waals surface area contributed by atoms with Crippen LogP contribution in [-0.2, 0) is 14.3 Å². The first-order chi connectivity index (χ1) is 15.0. The molecule has 0 N–H and O–H groups in total. The van der Waals surface area contributed by atoms with Gasteiger partial charge in [0.2, 0.25) is 5.91 Å². The van der Waals surface area contributed by atoms with Crippen LogP contribution < -0.4 is 12.4 Å². The Morgan fingerprint density at radius 1 is 0.938 bits per heavy atom. The highest BCUT2D eigenvalue weighted by Crippen LogP contribution is 2.20. The second kappa shape index (κ2) is 16.7. The lowest BCUT2D eigenvalue weighted by molar-refractivity contribution is -0.911. The van der Waals surface area contributed by atoms with Gasteiger partial charge in [-0.3, -0.25) is 9.59 Å². The quantitative estimate of drug-likeness (QED) is 0.209. The topological polar surface area (TPSA) is 46.6 Å². The van der Waals surface area contributed by atoms with E-state index in [1.165, 1.54) is 70.6 Å². The molecule has 2 rings (SSSR count). The summed E-state index contributed by atoms with van der Waals surface area (Å²) in [6, 6.07) is 0. The molecule has 2 heterocycles. The van der Waals surface area contributed by atoms with Gasteiger partial charge >= 0.3 is 5.97 Å². The normalized spacial score (nSPS) is 19.3. The molecule has 2 saturated heterocycles. The van der Waals surface area contributed by atoms with Crippen molar-refractivity contribution < 1.29 is 31.2 Å². The van der Waals surface area contributed by atoms with Crippen LogP contribution in [0.1, 0.15) is 110 Å². The maximum Gasteiger partial charge on any atom is 0.306 e. The largest absolute Gasteiger partial charge is 1.00 e. The molecule has 6 heteroatoms. The number of esters is 1. The summed E-state index contributed by atoms with van der Waals surface area (Å²) >= 11 is 0. The van der Waals surface area contributed by atoms with Gasteiger partial charge in [-0.1, -0.05) is 58.3 Å². The molecule has 5 nitrogen and oxygen atoms in total. The number of rotatable bonds is 15. The number of nitrogens with zero attached hydrogens (tertiary/aromatic N) is 2. The molecule has 2 aliphatic rings. The highest BCUT2D eigenvalue weighted by atomic mass is 35.5. The van der Waals surface area contributed by atoms with Crippen molar-refractivity contribution in [3.05, 3.63) is 0 Å². The van der Waals surface area contributed by atoms with Crippen LogP contribution in [0.2, 0.25) is 0 Å². The van der Waals surface area contributed by atoms with Gasteiger partial charge in [0.15, 0.2) is 6.10 Å². The number of likely N-dealkylation sites (tertiary alicyclic amines) is 2. The number of carbonyl (C=O) groups excluding carboxylic acids is 2. The van der Waals surface area contributed by atoms with Crippen molar-refractivity contribution in [2.45, 2.75) is 116 Å². The summed E-state index contributed by atoms with van der Waals surface area (Å²) in [6.07, 6.45) is 18.3. The first-order valence-electron chi connectivity index (χ1n) is 13.3. The van der Waals surface area contributed by atoms with Crippen molar-refractivity contribution in [2.75, 3.05) is 39.8 Å². The van der Waals surface area contributed by atoms with Crippen molar-refractivity contribution in [1.82, 2.24) is 4.90 Å². The zero-order chi connectivity index (χ0) is 22.4. The van der Waals surface area contributed by atoms with Crippen LogP contribution >= 0.6 is 0 Å². The zero-order valence-corrected chi connectivity index (χ0v) is 21.7. The van der Waals surface area contributed by atoms with Gasteiger partial charge in [-0.25, -0.2) is 0 Å². The summed E-state index contributed by atoms with van der Waals surface area (Å²) in [7, 11) is 2.30. The molecule has 0 aliphatic carbocycles. The molecule has 32 heavy (non-hydrogen) atoms. The van der Waals surface area contributed by atoms with Crippen LogP contribution in [-0.4, -0.2) is 67.1 Å². The molecule has 1 unspecified atom stereocenters. The lowest BCUT2D eigenvalue weighted by atomic mass is 10.1. The number of hydrogen-bond donors (Lipinski definition) is 0. The monoisotopic (exact) mass is 472 g/mol. The zero-order valence-electron chi connectivity index (χ0n) is 20.9. The molecule has 1 amide bonds. The number of hydrogen-bond acceptors (Lipinski definition) is 3. The maximum atomic E-state index is 12.6. The van der Waals surface area contributed by atoms with E-state index in [1.54, 1.807) is 0 Å². The first-order valence-corrected chi connectivity index (χ1v) is 13.3. The molecule has 0 spiro atoms. The molecule has 188 valence electrons. The summed E-state index contributed by atoms with van der Waals surface area (Å²) in [5.41, 5.74) is 0. The summed E-state index contributed by atoms with van der Waals surface area (Å²) in [4.78, 5) is 26.7. The maximum absolute atomic E-state index is 12.6. The Labute approximate surface area is 203 Å². The Kier molecular flexibility index (Phi) is 15.3. The molecular weight excluding hydrogens is 424 g/mol. The number of halogens is 1. The fraction of sp³-hybridized carbons (Fsp3) is 0.923. The Balaban J connectivity index is 0.00000512. The molecule has 2 fully saturated rings. The standard InChI is InChI=1S/C26H49N2O3.ClH/c1-3-4-5-6-7-8-9-10-13-18-26(30)31-24(22-27-19-16-17-25(27)29)23-28(2)20-14-11-12-15-21-28;/h24H,3-23H2,1-2H3;1H/q+1;/p-1. The highest BCUT2D eigenvalue weighted by molar-refractivity contribution is 5.78. The minimum atomic E-state index is -0.170. The van der Waals surface area contributed by atoms with E-state index in [4.69, 9.17) is 4.74 Å². The van der Waals surface area contributed by atoms with E-state index in [0.717, 1.165) is 49.9 Å². The van der Waals surface area contributed by atoms with Crippen LogP contribution in [0, 0.1) is 0 Å². The minimum Gasteiger partial charge on any atom is -1.00 e. The first kappa shape index (κ1) is 29.2. The molecule has 0 saturated carbocycles. The molecule has 0 aromatic carbocycles. The molecule has 0 aromatic heterocycles. The molecule has 0 aromatic rings. The lowest BCUT2D eigenvalue weighted by Gasteiger charge is -2.37. The fourth-order valence-corrected chi connectivity index (χ4v) is 5.23. The van der Waals surface area contributed by atoms with Gasteiger partial charge in [0.1, 0.15) is 6.54 Å². The third-order valence-corrected chi connectivity index (χ3v) is 7.17. The van der Waals surface area contributed by atoms with Gasteiger partial charge in [0, 0.05) is 19.4 Å². The van der Waals surface area contributed by atoms with Crippen molar-refractivity contribution in [2.24, 2.45) is 0 Å². The Morgan fingerprint density at radius 2 is 1.53 bits per heavy atom. The smallest absolute Gasteiger partial charge is 0.306 e. The Hall–Kier alpha value is -0.810. The van der Waals surface area contributed by atoms with Gasteiger partial charge in [-0.15, -0.1) is 0 Å². The molecule has 2 aliphatic heterocycles. The highest BCUT2D eigenvalue weighted by Gasteiger charge is 2.33. The van der Waals surface area contributed by atoms with Crippen molar-refractivity contribution in [3.63, 3.8) is 0 Å². The summed E-state index contributed by atoms with van der Waals surface area (Å²) in [5, 5.41) is 0. The SMILES string of the molecule is CCCCCCCCCCCC(=O)OC(CN1CCCC1=O)C[N+]1(C)CCCCCC1.[Cl-]. The Bertz CT molecular complexity index is 521. The summed E-state index contributed by atoms with van der Waals surface area (Å²) < 4.78 is 6.96. The summed E-state index contributed by atoms with van der Waals surface area (Å²) in [5.74, 6) is 0.152. The fourth-order valence-electron chi connectivity index (χ4n) is 5.23. The number of quaternary nitrogens is 1. The van der Waals surface area contributed by atoms with Gasteiger partial charge < -0.3 is 26.5 Å². The number of likely N-dealkylation sites (N-methyl/N-ethyl adjacent to an activating group) is 1. The van der Waals surface area contributed by atoms with Crippen LogP contribution in [0.25, 0.3) is 0 Å². The lowest BCUT2D eigenvalue weighted by Crippen LogP contribution is -3.00. The van der Waals surface area contributed by atoms with E-state index in [9.17, 15) is 9.59 Å². The predicted molar refractivity (Wildman–Crippen MR) is 127 cm³/mol. The molecular formula is C26H49ClN2O3. The van der Waals surface area contributed by atoms with Crippen molar-refractivity contribution >= 4 is 11.9 Å².